The fourth-order valence-electron chi connectivity index (χ4n) is 3.34. The Morgan fingerprint density at radius 1 is 0.969 bits per heavy atom. The van der Waals surface area contributed by atoms with Crippen LogP contribution in [0.25, 0.3) is 11.1 Å². The number of amides is 1. The first-order chi connectivity index (χ1) is 15.1. The second-order valence-electron chi connectivity index (χ2n) is 7.92. The highest BCUT2D eigenvalue weighted by Gasteiger charge is 2.21. The molecule has 0 aliphatic rings. The average Bonchev–Trinajstić information content (AvgIpc) is 2.73. The minimum absolute atomic E-state index is 0.0445. The molecule has 0 spiro atoms. The van der Waals surface area contributed by atoms with E-state index in [-0.39, 0.29) is 11.9 Å². The van der Waals surface area contributed by atoms with Crippen LogP contribution >= 0.6 is 0 Å². The molecule has 0 atom stereocenters. The fraction of sp³-hybridized carbons (Fsp3) is 0.261. The first-order valence-electron chi connectivity index (χ1n) is 10.1. The van der Waals surface area contributed by atoms with Gasteiger partial charge in [0.2, 0.25) is 10.0 Å². The molecule has 32 heavy (non-hydrogen) atoms. The number of carbonyl (C=O) groups is 1. The van der Waals surface area contributed by atoms with Crippen LogP contribution < -0.4 is 9.62 Å². The van der Waals surface area contributed by atoms with Gasteiger partial charge >= 0.3 is 0 Å². The number of carbonyl (C=O) groups excluding carboxylic acids is 1. The third-order valence-corrected chi connectivity index (χ3v) is 6.06. The molecule has 0 radical (unpaired) electrons. The van der Waals surface area contributed by atoms with Gasteiger partial charge in [-0.3, -0.25) is 14.1 Å². The summed E-state index contributed by atoms with van der Waals surface area (Å²) in [6.45, 7) is 3.62. The highest BCUT2D eigenvalue weighted by Crippen LogP contribution is 2.25. The number of pyridine rings is 2. The van der Waals surface area contributed by atoms with Crippen molar-refractivity contribution in [3.05, 3.63) is 66.6 Å². The van der Waals surface area contributed by atoms with E-state index in [0.29, 0.717) is 22.8 Å². The standard InChI is InChI=1S/C23H27N5O3S/c1-16(2)28(32(5,30)31)21-12-20(14-24-15-21)26-22-11-10-19(13-25-22)17-6-8-18(9-7-17)23(29)27(3)4/h6-16H,1-5H3,(H,25,26). The summed E-state index contributed by atoms with van der Waals surface area (Å²) in [6.07, 6.45) is 6.05. The van der Waals surface area contributed by atoms with Crippen molar-refractivity contribution in [3.8, 4) is 11.1 Å². The SMILES string of the molecule is CC(C)N(c1cncc(Nc2ccc(-c3ccc(C(=O)N(C)C)cc3)cn2)c1)S(C)(=O)=O. The van der Waals surface area contributed by atoms with E-state index >= 15 is 0 Å². The van der Waals surface area contributed by atoms with Crippen molar-refractivity contribution in [3.63, 3.8) is 0 Å². The Kier molecular flexibility index (Phi) is 6.78. The number of nitrogens with zero attached hydrogens (tertiary/aromatic N) is 4. The van der Waals surface area contributed by atoms with Gasteiger partial charge in [-0.25, -0.2) is 13.4 Å². The predicted octanol–water partition coefficient (Wildman–Crippen LogP) is 3.76. The lowest BCUT2D eigenvalue weighted by atomic mass is 10.1. The number of nitrogens with one attached hydrogen (secondary N) is 1. The first kappa shape index (κ1) is 23.2. The fourth-order valence-corrected chi connectivity index (χ4v) is 4.59. The van der Waals surface area contributed by atoms with Crippen molar-refractivity contribution in [2.75, 3.05) is 30.0 Å². The van der Waals surface area contributed by atoms with Crippen LogP contribution in [-0.4, -0.2) is 55.6 Å². The van der Waals surface area contributed by atoms with Gasteiger partial charge in [0.1, 0.15) is 5.82 Å². The highest BCUT2D eigenvalue weighted by atomic mass is 32.2. The van der Waals surface area contributed by atoms with E-state index in [4.69, 9.17) is 0 Å². The first-order valence-corrected chi connectivity index (χ1v) is 11.9. The van der Waals surface area contributed by atoms with Gasteiger partial charge in [0.25, 0.3) is 5.91 Å². The lowest BCUT2D eigenvalue weighted by Gasteiger charge is -2.26. The molecular formula is C23H27N5O3S. The zero-order valence-electron chi connectivity index (χ0n) is 18.8. The van der Waals surface area contributed by atoms with Crippen LogP contribution in [0.4, 0.5) is 17.2 Å². The lowest BCUT2D eigenvalue weighted by Crippen LogP contribution is -2.36. The zero-order valence-corrected chi connectivity index (χ0v) is 19.6. The Bertz CT molecular complexity index is 1190. The Labute approximate surface area is 189 Å². The zero-order chi connectivity index (χ0) is 23.5. The topological polar surface area (TPSA) is 95.5 Å². The Hall–Kier alpha value is -3.46. The van der Waals surface area contributed by atoms with Gasteiger partial charge < -0.3 is 10.2 Å². The molecule has 9 heteroatoms. The summed E-state index contributed by atoms with van der Waals surface area (Å²) in [5, 5.41) is 3.16. The molecule has 0 saturated carbocycles. The molecule has 8 nitrogen and oxygen atoms in total. The van der Waals surface area contributed by atoms with Crippen LogP contribution in [0.1, 0.15) is 24.2 Å². The summed E-state index contributed by atoms with van der Waals surface area (Å²) in [5.74, 6) is 0.555. The molecule has 0 saturated heterocycles. The predicted molar refractivity (Wildman–Crippen MR) is 128 cm³/mol. The number of rotatable bonds is 7. The maximum Gasteiger partial charge on any atom is 0.253 e. The van der Waals surface area contributed by atoms with Gasteiger partial charge in [-0.2, -0.15) is 0 Å². The van der Waals surface area contributed by atoms with Gasteiger partial charge in [0.15, 0.2) is 0 Å². The summed E-state index contributed by atoms with van der Waals surface area (Å²) >= 11 is 0. The van der Waals surface area contributed by atoms with Crippen LogP contribution in [0.3, 0.4) is 0 Å². The average molecular weight is 454 g/mol. The van der Waals surface area contributed by atoms with Crippen molar-refractivity contribution in [1.82, 2.24) is 14.9 Å². The molecule has 0 aliphatic heterocycles. The van der Waals surface area contributed by atoms with E-state index in [2.05, 4.69) is 15.3 Å². The van der Waals surface area contributed by atoms with Crippen molar-refractivity contribution in [1.29, 1.82) is 0 Å². The van der Waals surface area contributed by atoms with E-state index in [9.17, 15) is 13.2 Å². The molecule has 1 aromatic carbocycles. The quantitative estimate of drug-likeness (QED) is 0.585. The van der Waals surface area contributed by atoms with Crippen LogP contribution in [0, 0.1) is 0 Å². The van der Waals surface area contributed by atoms with E-state index in [1.165, 1.54) is 21.7 Å². The number of hydrogen-bond acceptors (Lipinski definition) is 6. The van der Waals surface area contributed by atoms with Crippen molar-refractivity contribution in [2.45, 2.75) is 19.9 Å². The van der Waals surface area contributed by atoms with Crippen molar-refractivity contribution >= 4 is 33.1 Å². The monoisotopic (exact) mass is 453 g/mol. The molecule has 168 valence electrons. The van der Waals surface area contributed by atoms with Gasteiger partial charge in [0, 0.05) is 37.5 Å². The molecule has 3 aromatic rings. The minimum atomic E-state index is -3.43. The van der Waals surface area contributed by atoms with Gasteiger partial charge in [0.05, 0.1) is 30.0 Å². The molecule has 0 unspecified atom stereocenters. The molecule has 3 rings (SSSR count). The molecule has 0 aliphatic carbocycles. The molecule has 1 amide bonds. The maximum atomic E-state index is 12.2. The van der Waals surface area contributed by atoms with E-state index in [0.717, 1.165) is 11.1 Å². The van der Waals surface area contributed by atoms with Crippen LogP contribution in [0.15, 0.2) is 61.1 Å². The molecule has 2 aromatic heterocycles. The van der Waals surface area contributed by atoms with Crippen LogP contribution in [-0.2, 0) is 10.0 Å². The Morgan fingerprint density at radius 2 is 1.62 bits per heavy atom. The highest BCUT2D eigenvalue weighted by molar-refractivity contribution is 7.92. The largest absolute Gasteiger partial charge is 0.345 e. The summed E-state index contributed by atoms with van der Waals surface area (Å²) in [5.41, 5.74) is 3.60. The number of anilines is 3. The Morgan fingerprint density at radius 3 is 2.16 bits per heavy atom. The molecule has 1 N–H and O–H groups in total. The van der Waals surface area contributed by atoms with Crippen LogP contribution in [0.5, 0.6) is 0 Å². The minimum Gasteiger partial charge on any atom is -0.345 e. The van der Waals surface area contributed by atoms with E-state index in [1.54, 1.807) is 44.7 Å². The van der Waals surface area contributed by atoms with Gasteiger partial charge in [-0.1, -0.05) is 12.1 Å². The summed E-state index contributed by atoms with van der Waals surface area (Å²) in [6, 6.07) is 12.6. The molecular weight excluding hydrogens is 426 g/mol. The third-order valence-electron chi connectivity index (χ3n) is 4.71. The second-order valence-corrected chi connectivity index (χ2v) is 9.78. The van der Waals surface area contributed by atoms with Crippen molar-refractivity contribution < 1.29 is 13.2 Å². The molecule has 0 bridgehead atoms. The second kappa shape index (κ2) is 9.35. The summed E-state index contributed by atoms with van der Waals surface area (Å²) in [7, 11) is 0.0114. The summed E-state index contributed by atoms with van der Waals surface area (Å²) in [4.78, 5) is 22.2. The normalized spacial score (nSPS) is 11.3. The summed E-state index contributed by atoms with van der Waals surface area (Å²) < 4.78 is 25.6. The van der Waals surface area contributed by atoms with Gasteiger partial charge in [-0.15, -0.1) is 0 Å². The smallest absolute Gasteiger partial charge is 0.253 e. The van der Waals surface area contributed by atoms with E-state index < -0.39 is 10.0 Å². The number of benzene rings is 1. The lowest BCUT2D eigenvalue weighted by molar-refractivity contribution is 0.0827. The maximum absolute atomic E-state index is 12.2. The van der Waals surface area contributed by atoms with Gasteiger partial charge in [-0.05, 0) is 49.7 Å². The van der Waals surface area contributed by atoms with Crippen molar-refractivity contribution in [2.24, 2.45) is 0 Å². The Balaban J connectivity index is 1.77. The molecule has 2 heterocycles. The van der Waals surface area contributed by atoms with Crippen LogP contribution in [0.2, 0.25) is 0 Å². The number of aromatic nitrogens is 2. The third kappa shape index (κ3) is 5.42. The molecule has 0 fully saturated rings. The van der Waals surface area contributed by atoms with E-state index in [1.807, 2.05) is 38.1 Å². The number of hydrogen-bond donors (Lipinski definition) is 1. The number of sulfonamides is 1.